The Bertz CT molecular complexity index is 989. The molecule has 6 nitrogen and oxygen atoms in total. The fourth-order valence-corrected chi connectivity index (χ4v) is 7.87. The smallest absolute Gasteiger partial charge is 0.306 e. The summed E-state index contributed by atoms with van der Waals surface area (Å²) < 4.78 is 16.8. The van der Waals surface area contributed by atoms with Crippen molar-refractivity contribution in [3.63, 3.8) is 0 Å². The zero-order valence-electron chi connectivity index (χ0n) is 40.9. The number of carbonyl (C=O) groups excluding carboxylic acids is 3. The van der Waals surface area contributed by atoms with Gasteiger partial charge in [0.05, 0.1) is 0 Å². The molecule has 0 unspecified atom stereocenters. The quantitative estimate of drug-likeness (QED) is 0.0262. The lowest BCUT2D eigenvalue weighted by molar-refractivity contribution is -0.167. The number of esters is 3. The van der Waals surface area contributed by atoms with Gasteiger partial charge in [0, 0.05) is 19.3 Å². The second-order valence-electron chi connectivity index (χ2n) is 18.2. The van der Waals surface area contributed by atoms with E-state index in [1.165, 1.54) is 167 Å². The van der Waals surface area contributed by atoms with Gasteiger partial charge in [-0.2, -0.15) is 0 Å². The number of carbonyl (C=O) groups is 3. The van der Waals surface area contributed by atoms with Crippen LogP contribution in [0.2, 0.25) is 0 Å². The van der Waals surface area contributed by atoms with E-state index in [2.05, 4.69) is 45.1 Å². The molecule has 0 saturated heterocycles. The minimum absolute atomic E-state index is 0.0719. The van der Waals surface area contributed by atoms with Gasteiger partial charge in [0.1, 0.15) is 13.2 Å². The fourth-order valence-electron chi connectivity index (χ4n) is 7.87. The van der Waals surface area contributed by atoms with Crippen molar-refractivity contribution < 1.29 is 28.6 Å². The fraction of sp³-hybridized carbons (Fsp3) is 0.873. The molecule has 0 spiro atoms. The highest BCUT2D eigenvalue weighted by molar-refractivity contribution is 5.71. The molecule has 0 aliphatic heterocycles. The third kappa shape index (κ3) is 48.8. The Morgan fingerprint density at radius 3 is 0.951 bits per heavy atom. The van der Waals surface area contributed by atoms with E-state index in [0.29, 0.717) is 19.3 Å². The van der Waals surface area contributed by atoms with Crippen LogP contribution in [0.4, 0.5) is 0 Å². The maximum atomic E-state index is 12.8. The average molecular weight is 859 g/mol. The van der Waals surface area contributed by atoms with E-state index in [4.69, 9.17) is 14.2 Å². The number of hydrogen-bond acceptors (Lipinski definition) is 6. The Labute approximate surface area is 379 Å². The van der Waals surface area contributed by atoms with Crippen molar-refractivity contribution in [3.8, 4) is 0 Å². The van der Waals surface area contributed by atoms with E-state index in [1.54, 1.807) is 0 Å². The predicted molar refractivity (Wildman–Crippen MR) is 261 cm³/mol. The first-order chi connectivity index (χ1) is 30.0. The lowest BCUT2D eigenvalue weighted by atomic mass is 10.0. The third-order valence-corrected chi connectivity index (χ3v) is 12.0. The Hall–Kier alpha value is -2.11. The second-order valence-corrected chi connectivity index (χ2v) is 18.2. The third-order valence-electron chi connectivity index (χ3n) is 12.0. The minimum atomic E-state index is -0.772. The maximum absolute atomic E-state index is 12.8. The first-order valence-corrected chi connectivity index (χ1v) is 26.8. The first kappa shape index (κ1) is 58.9. The highest BCUT2D eigenvalue weighted by Gasteiger charge is 2.19. The standard InChI is InChI=1S/C55H102O6/c1-4-7-10-13-16-19-22-25-28-31-33-36-39-42-45-48-54(57)60-51-52(61-55(58)49-46-43-40-37-34-30-27-24-21-18-15-12-9-6-3)50-59-53(56)47-44-41-38-35-32-29-26-23-20-17-14-11-8-5-2/h15,18,24,27,52H,4-14,16-17,19-23,25-26,28-51H2,1-3H3/b18-15-,27-24-/t52-/m1/s1. The molecule has 0 saturated carbocycles. The van der Waals surface area contributed by atoms with Crippen molar-refractivity contribution in [1.82, 2.24) is 0 Å². The van der Waals surface area contributed by atoms with Crippen LogP contribution in [0.15, 0.2) is 24.3 Å². The molecular weight excluding hydrogens is 757 g/mol. The highest BCUT2D eigenvalue weighted by Crippen LogP contribution is 2.16. The normalized spacial score (nSPS) is 12.1. The van der Waals surface area contributed by atoms with Gasteiger partial charge in [-0.3, -0.25) is 14.4 Å². The summed E-state index contributed by atoms with van der Waals surface area (Å²) in [6, 6.07) is 0. The molecule has 0 bridgehead atoms. The molecule has 0 radical (unpaired) electrons. The van der Waals surface area contributed by atoms with Crippen LogP contribution < -0.4 is 0 Å². The van der Waals surface area contributed by atoms with Gasteiger partial charge in [-0.25, -0.2) is 0 Å². The van der Waals surface area contributed by atoms with Crippen LogP contribution in [-0.4, -0.2) is 37.2 Å². The molecular formula is C55H102O6. The van der Waals surface area contributed by atoms with Crippen molar-refractivity contribution in [2.45, 2.75) is 297 Å². The molecule has 0 rings (SSSR count). The van der Waals surface area contributed by atoms with Gasteiger partial charge in [-0.05, 0) is 44.9 Å². The zero-order valence-corrected chi connectivity index (χ0v) is 40.9. The summed E-state index contributed by atoms with van der Waals surface area (Å²) in [4.78, 5) is 38.0. The van der Waals surface area contributed by atoms with Crippen LogP contribution in [0, 0.1) is 0 Å². The SMILES string of the molecule is CCCC/C=C\C/C=C\CCCCCCCC(=O)O[C@H](COC(=O)CCCCCCCCCCCCCCCC)COC(=O)CCCCCCCCCCCCCCCCC. The summed E-state index contributed by atoms with van der Waals surface area (Å²) in [6.45, 7) is 6.62. The van der Waals surface area contributed by atoms with E-state index >= 15 is 0 Å². The Balaban J connectivity index is 4.35. The van der Waals surface area contributed by atoms with Gasteiger partial charge in [0.2, 0.25) is 0 Å². The molecule has 0 aromatic carbocycles. The molecule has 0 fully saturated rings. The monoisotopic (exact) mass is 859 g/mol. The Kier molecular flexibility index (Phi) is 48.8. The van der Waals surface area contributed by atoms with E-state index < -0.39 is 6.10 Å². The minimum Gasteiger partial charge on any atom is -0.462 e. The molecule has 0 heterocycles. The van der Waals surface area contributed by atoms with Gasteiger partial charge in [-0.15, -0.1) is 0 Å². The van der Waals surface area contributed by atoms with Crippen LogP contribution >= 0.6 is 0 Å². The lowest BCUT2D eigenvalue weighted by Gasteiger charge is -2.18. The summed E-state index contributed by atoms with van der Waals surface area (Å²) in [6.07, 6.45) is 57.3. The summed E-state index contributed by atoms with van der Waals surface area (Å²) in [5.74, 6) is -0.869. The first-order valence-electron chi connectivity index (χ1n) is 26.8. The molecule has 1 atom stereocenters. The van der Waals surface area contributed by atoms with Crippen molar-refractivity contribution in [1.29, 1.82) is 0 Å². The number of hydrogen-bond donors (Lipinski definition) is 0. The van der Waals surface area contributed by atoms with Gasteiger partial charge in [0.25, 0.3) is 0 Å². The largest absolute Gasteiger partial charge is 0.462 e. The predicted octanol–water partition coefficient (Wildman–Crippen LogP) is 17.5. The Morgan fingerprint density at radius 1 is 0.328 bits per heavy atom. The van der Waals surface area contributed by atoms with E-state index in [1.807, 2.05) is 0 Å². The molecule has 0 amide bonds. The van der Waals surface area contributed by atoms with E-state index in [9.17, 15) is 14.4 Å². The number of rotatable bonds is 49. The van der Waals surface area contributed by atoms with Gasteiger partial charge < -0.3 is 14.2 Å². The summed E-state index contributed by atoms with van der Waals surface area (Å²) in [5, 5.41) is 0. The molecule has 0 aromatic heterocycles. The molecule has 0 N–H and O–H groups in total. The van der Waals surface area contributed by atoms with Crippen LogP contribution in [0.3, 0.4) is 0 Å². The average Bonchev–Trinajstić information content (AvgIpc) is 3.26. The zero-order chi connectivity index (χ0) is 44.4. The molecule has 358 valence electrons. The van der Waals surface area contributed by atoms with Crippen molar-refractivity contribution in [3.05, 3.63) is 24.3 Å². The highest BCUT2D eigenvalue weighted by atomic mass is 16.6. The summed E-state index contributed by atoms with van der Waals surface area (Å²) in [7, 11) is 0. The van der Waals surface area contributed by atoms with Crippen LogP contribution in [-0.2, 0) is 28.6 Å². The summed E-state index contributed by atoms with van der Waals surface area (Å²) >= 11 is 0. The van der Waals surface area contributed by atoms with Crippen molar-refractivity contribution in [2.24, 2.45) is 0 Å². The van der Waals surface area contributed by atoms with Gasteiger partial charge >= 0.3 is 17.9 Å². The van der Waals surface area contributed by atoms with Crippen LogP contribution in [0.25, 0.3) is 0 Å². The van der Waals surface area contributed by atoms with Gasteiger partial charge in [-0.1, -0.05) is 251 Å². The Morgan fingerprint density at radius 2 is 0.607 bits per heavy atom. The summed E-state index contributed by atoms with van der Waals surface area (Å²) in [5.41, 5.74) is 0. The topological polar surface area (TPSA) is 78.9 Å². The number of unbranched alkanes of at least 4 members (excludes halogenated alkanes) is 34. The van der Waals surface area contributed by atoms with Crippen molar-refractivity contribution >= 4 is 17.9 Å². The lowest BCUT2D eigenvalue weighted by Crippen LogP contribution is -2.30. The second kappa shape index (κ2) is 50.5. The maximum Gasteiger partial charge on any atom is 0.306 e. The molecule has 0 aromatic rings. The molecule has 0 aliphatic carbocycles. The van der Waals surface area contributed by atoms with Crippen LogP contribution in [0.1, 0.15) is 290 Å². The molecule has 0 aliphatic rings. The molecule has 61 heavy (non-hydrogen) atoms. The van der Waals surface area contributed by atoms with Crippen molar-refractivity contribution in [2.75, 3.05) is 13.2 Å². The molecule has 6 heteroatoms. The number of allylic oxidation sites excluding steroid dienone is 4. The van der Waals surface area contributed by atoms with E-state index in [-0.39, 0.29) is 31.1 Å². The number of ether oxygens (including phenoxy) is 3. The van der Waals surface area contributed by atoms with Crippen LogP contribution in [0.5, 0.6) is 0 Å². The van der Waals surface area contributed by atoms with E-state index in [0.717, 1.165) is 83.5 Å². The van der Waals surface area contributed by atoms with Gasteiger partial charge in [0.15, 0.2) is 6.10 Å².